The molecule has 0 radical (unpaired) electrons. The highest BCUT2D eigenvalue weighted by Crippen LogP contribution is 2.25. The van der Waals surface area contributed by atoms with E-state index in [0.717, 1.165) is 48.0 Å². The Kier molecular flexibility index (Phi) is 3.88. The van der Waals surface area contributed by atoms with E-state index in [-0.39, 0.29) is 0 Å². The van der Waals surface area contributed by atoms with Crippen molar-refractivity contribution in [3.8, 4) is 0 Å². The first-order chi connectivity index (χ1) is 11.7. The molecule has 1 aliphatic rings. The molecular formula is C18H22N6. The Labute approximate surface area is 141 Å². The van der Waals surface area contributed by atoms with Crippen molar-refractivity contribution in [3.05, 3.63) is 42.1 Å². The van der Waals surface area contributed by atoms with Crippen molar-refractivity contribution < 1.29 is 0 Å². The molecule has 0 aliphatic carbocycles. The maximum atomic E-state index is 4.84. The summed E-state index contributed by atoms with van der Waals surface area (Å²) in [4.78, 5) is 16.2. The molecule has 3 heterocycles. The molecule has 24 heavy (non-hydrogen) atoms. The van der Waals surface area contributed by atoms with Crippen LogP contribution in [0.4, 0.5) is 5.82 Å². The molecule has 6 nitrogen and oxygen atoms in total. The van der Waals surface area contributed by atoms with Gasteiger partial charge in [-0.3, -0.25) is 4.98 Å². The van der Waals surface area contributed by atoms with Crippen LogP contribution in [0, 0.1) is 13.8 Å². The van der Waals surface area contributed by atoms with Crippen molar-refractivity contribution >= 4 is 16.9 Å². The molecule has 0 saturated carbocycles. The molecule has 1 aromatic carbocycles. The molecule has 0 unspecified atom stereocenters. The van der Waals surface area contributed by atoms with E-state index in [2.05, 4.69) is 20.0 Å². The van der Waals surface area contributed by atoms with Crippen molar-refractivity contribution in [1.82, 2.24) is 24.7 Å². The molecule has 124 valence electrons. The summed E-state index contributed by atoms with van der Waals surface area (Å²) in [6, 6.07) is 8.41. The minimum Gasteiger partial charge on any atom is -0.350 e. The second-order valence-corrected chi connectivity index (χ2v) is 6.45. The lowest BCUT2D eigenvalue weighted by molar-refractivity contribution is 0.392. The van der Waals surface area contributed by atoms with Gasteiger partial charge in [0.1, 0.15) is 17.5 Å². The summed E-state index contributed by atoms with van der Waals surface area (Å²) in [6.45, 7) is 5.82. The summed E-state index contributed by atoms with van der Waals surface area (Å²) in [5.74, 6) is 2.77. The highest BCUT2D eigenvalue weighted by Gasteiger charge is 2.25. The number of aromatic nitrogens is 5. The van der Waals surface area contributed by atoms with Gasteiger partial charge in [-0.1, -0.05) is 12.1 Å². The number of hydrogen-bond acceptors (Lipinski definition) is 5. The van der Waals surface area contributed by atoms with Crippen LogP contribution in [0.5, 0.6) is 0 Å². The molecular weight excluding hydrogens is 300 g/mol. The van der Waals surface area contributed by atoms with Crippen molar-refractivity contribution in [2.24, 2.45) is 0 Å². The van der Waals surface area contributed by atoms with E-state index in [4.69, 9.17) is 4.98 Å². The molecule has 0 spiro atoms. The van der Waals surface area contributed by atoms with E-state index in [1.54, 1.807) is 0 Å². The Morgan fingerprint density at radius 2 is 1.92 bits per heavy atom. The minimum atomic E-state index is 0.383. The van der Waals surface area contributed by atoms with Crippen LogP contribution in [0.25, 0.3) is 11.0 Å². The van der Waals surface area contributed by atoms with E-state index in [1.807, 2.05) is 49.0 Å². The van der Waals surface area contributed by atoms with Crippen LogP contribution in [0.3, 0.4) is 0 Å². The Hall–Kier alpha value is -2.50. The van der Waals surface area contributed by atoms with Gasteiger partial charge in [0, 0.05) is 6.54 Å². The fraction of sp³-hybridized carbons (Fsp3) is 0.444. The average Bonchev–Trinajstić information content (AvgIpc) is 2.92. The predicted molar refractivity (Wildman–Crippen MR) is 94.0 cm³/mol. The lowest BCUT2D eigenvalue weighted by atomic mass is 10.0. The molecule has 1 aliphatic heterocycles. The Balaban J connectivity index is 1.64. The van der Waals surface area contributed by atoms with E-state index < -0.39 is 0 Å². The van der Waals surface area contributed by atoms with Crippen LogP contribution in [0.15, 0.2) is 30.5 Å². The van der Waals surface area contributed by atoms with Crippen LogP contribution in [0.1, 0.15) is 30.9 Å². The van der Waals surface area contributed by atoms with Crippen LogP contribution in [-0.2, 0) is 6.54 Å². The van der Waals surface area contributed by atoms with Gasteiger partial charge in [0.25, 0.3) is 0 Å². The smallest absolute Gasteiger partial charge is 0.148 e. The third-order valence-electron chi connectivity index (χ3n) is 4.70. The van der Waals surface area contributed by atoms with Gasteiger partial charge in [-0.05, 0) is 45.2 Å². The molecule has 1 fully saturated rings. The minimum absolute atomic E-state index is 0.383. The fourth-order valence-corrected chi connectivity index (χ4v) is 3.51. The second-order valence-electron chi connectivity index (χ2n) is 6.45. The number of benzene rings is 1. The van der Waals surface area contributed by atoms with Crippen LogP contribution in [0.2, 0.25) is 0 Å². The highest BCUT2D eigenvalue weighted by molar-refractivity contribution is 5.75. The third-order valence-corrected chi connectivity index (χ3v) is 4.70. The van der Waals surface area contributed by atoms with Crippen LogP contribution in [-0.4, -0.2) is 37.3 Å². The zero-order chi connectivity index (χ0) is 16.5. The molecule has 2 aromatic heterocycles. The number of nitrogens with zero attached hydrogens (tertiary/aromatic N) is 6. The number of aryl methyl sites for hydroxylation is 2. The number of piperidine rings is 1. The standard InChI is InChI=1S/C18H22N6/c1-13-20-14(2)24(22-13)12-15-7-5-6-10-23(15)18-11-19-16-8-3-4-9-17(16)21-18/h3-4,8-9,11,15H,5-7,10,12H2,1-2H3/t15-/m1/s1. The Morgan fingerprint density at radius 3 is 2.71 bits per heavy atom. The largest absolute Gasteiger partial charge is 0.350 e. The zero-order valence-corrected chi connectivity index (χ0v) is 14.2. The lowest BCUT2D eigenvalue weighted by Crippen LogP contribution is -2.43. The number of anilines is 1. The quantitative estimate of drug-likeness (QED) is 0.742. The first-order valence-electron chi connectivity index (χ1n) is 8.57. The summed E-state index contributed by atoms with van der Waals surface area (Å²) in [5.41, 5.74) is 1.89. The molecule has 0 N–H and O–H groups in total. The SMILES string of the molecule is Cc1nc(C)n(C[C@H]2CCCCN2c2cnc3ccccc3n2)n1. The van der Waals surface area contributed by atoms with Gasteiger partial charge in [0.2, 0.25) is 0 Å². The van der Waals surface area contributed by atoms with Gasteiger partial charge < -0.3 is 4.90 Å². The summed E-state index contributed by atoms with van der Waals surface area (Å²) in [6.07, 6.45) is 5.49. The molecule has 6 heteroatoms. The molecule has 0 amide bonds. The Morgan fingerprint density at radius 1 is 1.08 bits per heavy atom. The maximum Gasteiger partial charge on any atom is 0.148 e. The lowest BCUT2D eigenvalue weighted by Gasteiger charge is -2.36. The monoisotopic (exact) mass is 322 g/mol. The Bertz CT molecular complexity index is 856. The molecule has 1 saturated heterocycles. The molecule has 1 atom stereocenters. The summed E-state index contributed by atoms with van der Waals surface area (Å²) in [7, 11) is 0. The zero-order valence-electron chi connectivity index (χ0n) is 14.2. The van der Waals surface area contributed by atoms with Crippen LogP contribution >= 0.6 is 0 Å². The first kappa shape index (κ1) is 15.1. The number of hydrogen-bond donors (Lipinski definition) is 0. The fourth-order valence-electron chi connectivity index (χ4n) is 3.51. The average molecular weight is 322 g/mol. The topological polar surface area (TPSA) is 59.7 Å². The van der Waals surface area contributed by atoms with Crippen LogP contribution < -0.4 is 4.90 Å². The summed E-state index contributed by atoms with van der Waals surface area (Å²) >= 11 is 0. The second kappa shape index (κ2) is 6.19. The summed E-state index contributed by atoms with van der Waals surface area (Å²) in [5, 5.41) is 4.53. The van der Waals surface area contributed by atoms with Crippen molar-refractivity contribution in [2.75, 3.05) is 11.4 Å². The third kappa shape index (κ3) is 2.84. The van der Waals surface area contributed by atoms with Gasteiger partial charge in [-0.25, -0.2) is 14.6 Å². The maximum absolute atomic E-state index is 4.84. The normalized spacial score (nSPS) is 18.2. The van der Waals surface area contributed by atoms with Crippen molar-refractivity contribution in [3.63, 3.8) is 0 Å². The number of para-hydroxylation sites is 2. The van der Waals surface area contributed by atoms with Gasteiger partial charge in [0.05, 0.1) is 29.8 Å². The van der Waals surface area contributed by atoms with E-state index in [0.29, 0.717) is 6.04 Å². The van der Waals surface area contributed by atoms with Gasteiger partial charge >= 0.3 is 0 Å². The number of rotatable bonds is 3. The van der Waals surface area contributed by atoms with E-state index in [9.17, 15) is 0 Å². The molecule has 0 bridgehead atoms. The van der Waals surface area contributed by atoms with E-state index >= 15 is 0 Å². The molecule has 4 rings (SSSR count). The molecule has 3 aromatic rings. The van der Waals surface area contributed by atoms with E-state index in [1.165, 1.54) is 12.8 Å². The van der Waals surface area contributed by atoms with Crippen molar-refractivity contribution in [2.45, 2.75) is 45.7 Å². The first-order valence-corrected chi connectivity index (χ1v) is 8.57. The van der Waals surface area contributed by atoms with Gasteiger partial charge in [0.15, 0.2) is 0 Å². The summed E-state index contributed by atoms with van der Waals surface area (Å²) < 4.78 is 2.02. The highest BCUT2D eigenvalue weighted by atomic mass is 15.4. The van der Waals surface area contributed by atoms with Gasteiger partial charge in [-0.15, -0.1) is 0 Å². The van der Waals surface area contributed by atoms with Crippen molar-refractivity contribution in [1.29, 1.82) is 0 Å². The van der Waals surface area contributed by atoms with Gasteiger partial charge in [-0.2, -0.15) is 5.10 Å². The predicted octanol–water partition coefficient (Wildman–Crippen LogP) is 2.90. The number of fused-ring (bicyclic) bond motifs is 1.